The lowest BCUT2D eigenvalue weighted by Crippen LogP contribution is -2.43. The summed E-state index contributed by atoms with van der Waals surface area (Å²) in [4.78, 5) is 0. The third-order valence-electron chi connectivity index (χ3n) is 2.84. The molecule has 0 aromatic rings. The van der Waals surface area contributed by atoms with Gasteiger partial charge in [-0.05, 0) is 12.8 Å². The first-order valence-electron chi connectivity index (χ1n) is 5.94. The van der Waals surface area contributed by atoms with Crippen molar-refractivity contribution < 1.29 is 30.7 Å². The maximum Gasteiger partial charge on any atom is 0.419 e. The summed E-state index contributed by atoms with van der Waals surface area (Å²) < 4.78 is 78.8. The number of alkyl halides is 4. The van der Waals surface area contributed by atoms with E-state index in [9.17, 15) is 26.0 Å². The SMILES string of the molecule is CC(F)(F)C(F)(F)OCCS(=O)(=O)N1CCCCC1. The van der Waals surface area contributed by atoms with Gasteiger partial charge in [0.05, 0.1) is 12.4 Å². The van der Waals surface area contributed by atoms with Gasteiger partial charge in [0.25, 0.3) is 0 Å². The molecule has 0 radical (unpaired) electrons. The van der Waals surface area contributed by atoms with Crippen LogP contribution in [0.4, 0.5) is 17.6 Å². The third kappa shape index (κ3) is 4.57. The van der Waals surface area contributed by atoms with Gasteiger partial charge in [-0.25, -0.2) is 12.7 Å². The van der Waals surface area contributed by atoms with Crippen molar-refractivity contribution in [3.05, 3.63) is 0 Å². The number of hydrogen-bond donors (Lipinski definition) is 0. The van der Waals surface area contributed by atoms with Gasteiger partial charge in [-0.3, -0.25) is 0 Å². The van der Waals surface area contributed by atoms with E-state index in [2.05, 4.69) is 4.74 Å². The van der Waals surface area contributed by atoms with E-state index in [4.69, 9.17) is 0 Å². The van der Waals surface area contributed by atoms with Crippen LogP contribution < -0.4 is 0 Å². The van der Waals surface area contributed by atoms with E-state index in [1.54, 1.807) is 0 Å². The fourth-order valence-corrected chi connectivity index (χ4v) is 3.04. The highest BCUT2D eigenvalue weighted by Crippen LogP contribution is 2.34. The maximum atomic E-state index is 12.8. The Morgan fingerprint density at radius 2 is 1.63 bits per heavy atom. The van der Waals surface area contributed by atoms with E-state index in [-0.39, 0.29) is 6.92 Å². The molecule has 0 aliphatic carbocycles. The minimum absolute atomic E-state index is 0.0200. The Bertz CT molecular complexity index is 388. The van der Waals surface area contributed by atoms with Crippen molar-refractivity contribution in [2.75, 3.05) is 25.4 Å². The average Bonchev–Trinajstić information content (AvgIpc) is 2.28. The summed E-state index contributed by atoms with van der Waals surface area (Å²) in [6, 6.07) is 0. The summed E-state index contributed by atoms with van der Waals surface area (Å²) in [5, 5.41) is 0. The number of nitrogens with zero attached hydrogens (tertiary/aromatic N) is 1. The van der Waals surface area contributed by atoms with Crippen LogP contribution in [0.15, 0.2) is 0 Å². The van der Waals surface area contributed by atoms with Gasteiger partial charge < -0.3 is 4.74 Å². The molecule has 1 saturated heterocycles. The van der Waals surface area contributed by atoms with Crippen molar-refractivity contribution in [2.24, 2.45) is 0 Å². The molecule has 0 amide bonds. The van der Waals surface area contributed by atoms with Crippen LogP contribution in [0.2, 0.25) is 0 Å². The van der Waals surface area contributed by atoms with E-state index in [0.717, 1.165) is 6.42 Å². The third-order valence-corrected chi connectivity index (χ3v) is 4.68. The second kappa shape index (κ2) is 5.92. The minimum atomic E-state index is -4.66. The molecule has 1 fully saturated rings. The molecule has 0 aromatic heterocycles. The van der Waals surface area contributed by atoms with Gasteiger partial charge in [0, 0.05) is 20.0 Å². The molecule has 0 aromatic carbocycles. The first-order valence-corrected chi connectivity index (χ1v) is 7.54. The maximum absolute atomic E-state index is 12.8. The summed E-state index contributed by atoms with van der Waals surface area (Å²) in [6.45, 7) is -0.271. The molecule has 0 spiro atoms. The number of rotatable bonds is 6. The second-order valence-corrected chi connectivity index (χ2v) is 6.62. The molecule has 114 valence electrons. The Morgan fingerprint density at radius 3 is 2.11 bits per heavy atom. The molecule has 0 unspecified atom stereocenters. The highest BCUT2D eigenvalue weighted by atomic mass is 32.2. The average molecular weight is 307 g/mol. The van der Waals surface area contributed by atoms with Gasteiger partial charge >= 0.3 is 12.0 Å². The van der Waals surface area contributed by atoms with Gasteiger partial charge in [-0.15, -0.1) is 0 Å². The van der Waals surface area contributed by atoms with Crippen molar-refractivity contribution in [1.82, 2.24) is 4.31 Å². The monoisotopic (exact) mass is 307 g/mol. The van der Waals surface area contributed by atoms with Crippen LogP contribution in [0.5, 0.6) is 0 Å². The Hall–Kier alpha value is -0.410. The van der Waals surface area contributed by atoms with Crippen molar-refractivity contribution in [1.29, 1.82) is 0 Å². The predicted molar refractivity (Wildman–Crippen MR) is 60.7 cm³/mol. The Labute approximate surface area is 109 Å². The lowest BCUT2D eigenvalue weighted by Gasteiger charge is -2.27. The molecule has 1 aliphatic heterocycles. The number of ether oxygens (including phenoxy) is 1. The molecule has 1 rings (SSSR count). The quantitative estimate of drug-likeness (QED) is 0.706. The number of piperidine rings is 1. The van der Waals surface area contributed by atoms with Gasteiger partial charge in [0.15, 0.2) is 0 Å². The molecule has 0 atom stereocenters. The van der Waals surface area contributed by atoms with Crippen molar-refractivity contribution in [2.45, 2.75) is 38.2 Å². The van der Waals surface area contributed by atoms with Gasteiger partial charge in [0.2, 0.25) is 10.0 Å². The molecular formula is C10H17F4NO3S. The van der Waals surface area contributed by atoms with Crippen LogP contribution in [0.25, 0.3) is 0 Å². The minimum Gasteiger partial charge on any atom is -0.315 e. The largest absolute Gasteiger partial charge is 0.419 e. The fraction of sp³-hybridized carbons (Fsp3) is 1.00. The van der Waals surface area contributed by atoms with Gasteiger partial charge in [0.1, 0.15) is 0 Å². The predicted octanol–water partition coefficient (Wildman–Crippen LogP) is 2.07. The summed E-state index contributed by atoms with van der Waals surface area (Å²) in [5.74, 6) is -5.07. The molecule has 19 heavy (non-hydrogen) atoms. The fourth-order valence-electron chi connectivity index (χ4n) is 1.67. The van der Waals surface area contributed by atoms with Gasteiger partial charge in [-0.1, -0.05) is 6.42 Å². The van der Waals surface area contributed by atoms with Crippen LogP contribution in [0.3, 0.4) is 0 Å². The topological polar surface area (TPSA) is 46.6 Å². The van der Waals surface area contributed by atoms with Crippen LogP contribution in [-0.4, -0.2) is 50.2 Å². The Kier molecular flexibility index (Phi) is 5.19. The van der Waals surface area contributed by atoms with E-state index in [1.165, 1.54) is 4.31 Å². The van der Waals surface area contributed by atoms with E-state index in [0.29, 0.717) is 25.9 Å². The zero-order valence-electron chi connectivity index (χ0n) is 10.5. The van der Waals surface area contributed by atoms with Crippen molar-refractivity contribution in [3.8, 4) is 0 Å². The molecule has 4 nitrogen and oxygen atoms in total. The van der Waals surface area contributed by atoms with Crippen LogP contribution in [-0.2, 0) is 14.8 Å². The first-order chi connectivity index (χ1) is 8.56. The first kappa shape index (κ1) is 16.6. The number of sulfonamides is 1. The summed E-state index contributed by atoms with van der Waals surface area (Å²) in [5.41, 5.74) is 0. The summed E-state index contributed by atoms with van der Waals surface area (Å²) in [7, 11) is -3.72. The molecule has 0 bridgehead atoms. The smallest absolute Gasteiger partial charge is 0.315 e. The van der Waals surface area contributed by atoms with E-state index in [1.807, 2.05) is 0 Å². The summed E-state index contributed by atoms with van der Waals surface area (Å²) in [6.07, 6.45) is -2.32. The molecule has 1 heterocycles. The highest BCUT2D eigenvalue weighted by molar-refractivity contribution is 7.89. The molecule has 0 N–H and O–H groups in total. The van der Waals surface area contributed by atoms with Gasteiger partial charge in [-0.2, -0.15) is 17.6 Å². The van der Waals surface area contributed by atoms with Crippen LogP contribution in [0.1, 0.15) is 26.2 Å². The number of hydrogen-bond acceptors (Lipinski definition) is 3. The molecule has 0 saturated carbocycles. The summed E-state index contributed by atoms with van der Waals surface area (Å²) >= 11 is 0. The van der Waals surface area contributed by atoms with E-state index >= 15 is 0 Å². The molecule has 9 heteroatoms. The normalized spacial score (nSPS) is 19.6. The van der Waals surface area contributed by atoms with Crippen molar-refractivity contribution in [3.63, 3.8) is 0 Å². The standard InChI is InChI=1S/C10H17F4NO3S/c1-9(11,12)10(13,14)18-7-8-19(16,17)15-5-3-2-4-6-15/h2-8H2,1H3. The zero-order valence-corrected chi connectivity index (χ0v) is 11.4. The van der Waals surface area contributed by atoms with Crippen LogP contribution >= 0.6 is 0 Å². The second-order valence-electron chi connectivity index (χ2n) is 4.53. The Morgan fingerprint density at radius 1 is 1.11 bits per heavy atom. The highest BCUT2D eigenvalue weighted by Gasteiger charge is 2.54. The van der Waals surface area contributed by atoms with Crippen molar-refractivity contribution >= 4 is 10.0 Å². The zero-order chi connectivity index (χ0) is 14.7. The van der Waals surface area contributed by atoms with E-state index < -0.39 is 34.4 Å². The number of halogens is 4. The lowest BCUT2D eigenvalue weighted by molar-refractivity contribution is -0.339. The lowest BCUT2D eigenvalue weighted by atomic mass is 10.2. The van der Waals surface area contributed by atoms with Crippen LogP contribution in [0, 0.1) is 0 Å². The molecular weight excluding hydrogens is 290 g/mol. The Balaban J connectivity index is 2.48. The molecule has 1 aliphatic rings.